The third kappa shape index (κ3) is 1.04. The predicted octanol–water partition coefficient (Wildman–Crippen LogP) is 0.437. The fourth-order valence-electron chi connectivity index (χ4n) is 1.72. The zero-order chi connectivity index (χ0) is 9.38. The van der Waals surface area contributed by atoms with Crippen LogP contribution in [0.3, 0.4) is 0 Å². The highest BCUT2D eigenvalue weighted by molar-refractivity contribution is 5.55. The van der Waals surface area contributed by atoms with Crippen molar-refractivity contribution < 1.29 is 0 Å². The van der Waals surface area contributed by atoms with Gasteiger partial charge in [0.1, 0.15) is 0 Å². The lowest BCUT2D eigenvalue weighted by molar-refractivity contribution is 0.680. The lowest BCUT2D eigenvalue weighted by atomic mass is 10.1. The predicted molar refractivity (Wildman–Crippen MR) is 56.8 cm³/mol. The molecular weight excluding hydrogens is 172 g/mol. The topological polar surface area (TPSA) is 15.3 Å². The molecule has 0 fully saturated rings. The molecule has 0 saturated heterocycles. The van der Waals surface area contributed by atoms with Crippen LogP contribution in [0.4, 0.5) is 0 Å². The van der Waals surface area contributed by atoms with Gasteiger partial charge in [0, 0.05) is 24.8 Å². The molecule has 2 heterocycles. The lowest BCUT2D eigenvalue weighted by Crippen LogP contribution is -2.33. The minimum atomic E-state index is 1.17. The Hall–Kier alpha value is -1.96. The van der Waals surface area contributed by atoms with E-state index in [9.17, 15) is 0 Å². The standard InChI is InChI=1S/C12H10N2/c1-2-4-11-9-14-6-5-13-8-12(14)7-10(11)3-1/h1-9,13H. The summed E-state index contributed by atoms with van der Waals surface area (Å²) in [5, 5.41) is 5.61. The Balaban J connectivity index is 2.30. The van der Waals surface area contributed by atoms with E-state index in [4.69, 9.17) is 0 Å². The highest BCUT2D eigenvalue weighted by atomic mass is 15.1. The van der Waals surface area contributed by atoms with Gasteiger partial charge in [-0.2, -0.15) is 0 Å². The van der Waals surface area contributed by atoms with E-state index in [2.05, 4.69) is 46.8 Å². The summed E-state index contributed by atoms with van der Waals surface area (Å²) in [6, 6.07) is 8.37. The van der Waals surface area contributed by atoms with E-state index in [1.165, 1.54) is 16.1 Å². The molecular formula is C12H10N2. The Kier molecular flexibility index (Phi) is 1.47. The zero-order valence-electron chi connectivity index (χ0n) is 7.64. The van der Waals surface area contributed by atoms with Gasteiger partial charge in [-0.3, -0.25) is 0 Å². The van der Waals surface area contributed by atoms with Crippen LogP contribution >= 0.6 is 0 Å². The first-order valence-corrected chi connectivity index (χ1v) is 4.63. The van der Waals surface area contributed by atoms with Crippen molar-refractivity contribution in [1.82, 2.24) is 10.2 Å². The molecule has 0 amide bonds. The molecule has 1 aromatic rings. The van der Waals surface area contributed by atoms with Crippen LogP contribution in [0.2, 0.25) is 0 Å². The molecule has 2 aliphatic heterocycles. The van der Waals surface area contributed by atoms with Crippen LogP contribution in [-0.4, -0.2) is 4.90 Å². The number of nitrogens with zero attached hydrogens (tertiary/aromatic N) is 1. The van der Waals surface area contributed by atoms with Gasteiger partial charge in [-0.05, 0) is 16.5 Å². The first kappa shape index (κ1) is 7.44. The number of fused-ring (bicyclic) bond motifs is 2. The summed E-state index contributed by atoms with van der Waals surface area (Å²) >= 11 is 0. The van der Waals surface area contributed by atoms with E-state index in [0.717, 1.165) is 0 Å². The first-order chi connectivity index (χ1) is 6.93. The van der Waals surface area contributed by atoms with Crippen LogP contribution in [0.15, 0.2) is 48.6 Å². The van der Waals surface area contributed by atoms with Crippen LogP contribution in [-0.2, 0) is 0 Å². The third-order valence-corrected chi connectivity index (χ3v) is 2.44. The number of rotatable bonds is 0. The normalized spacial score (nSPS) is 16.9. The smallest absolute Gasteiger partial charge is 0.0616 e. The Labute approximate surface area is 82.2 Å². The summed E-state index contributed by atoms with van der Waals surface area (Å²) in [6.07, 6.45) is 10.2. The van der Waals surface area contributed by atoms with Gasteiger partial charge in [0.2, 0.25) is 0 Å². The molecule has 0 saturated carbocycles. The maximum absolute atomic E-state index is 3.08. The van der Waals surface area contributed by atoms with Crippen LogP contribution in [0.5, 0.6) is 0 Å². The number of hydrogen-bond donors (Lipinski definition) is 1. The van der Waals surface area contributed by atoms with Gasteiger partial charge in [0.05, 0.1) is 5.70 Å². The van der Waals surface area contributed by atoms with Gasteiger partial charge in [-0.25, -0.2) is 0 Å². The molecule has 1 aromatic carbocycles. The monoisotopic (exact) mass is 182 g/mol. The molecule has 0 bridgehead atoms. The number of nitrogens with one attached hydrogen (secondary N) is 1. The molecule has 0 spiro atoms. The second-order valence-corrected chi connectivity index (χ2v) is 3.36. The second-order valence-electron chi connectivity index (χ2n) is 3.36. The molecule has 68 valence electrons. The average Bonchev–Trinajstić information content (AvgIpc) is 2.26. The fraction of sp³-hybridized carbons (Fsp3) is 0. The lowest BCUT2D eigenvalue weighted by Gasteiger charge is -2.22. The van der Waals surface area contributed by atoms with Crippen LogP contribution in [0, 0.1) is 0 Å². The van der Waals surface area contributed by atoms with E-state index in [1.807, 2.05) is 18.6 Å². The SMILES string of the molecule is C1=CN2C=c3ccccc3=CC2=CN1. The van der Waals surface area contributed by atoms with E-state index < -0.39 is 0 Å². The second kappa shape index (κ2) is 2.77. The van der Waals surface area contributed by atoms with Gasteiger partial charge in [-0.1, -0.05) is 24.3 Å². The molecule has 2 heteroatoms. The molecule has 0 aliphatic carbocycles. The summed E-state index contributed by atoms with van der Waals surface area (Å²) in [6.45, 7) is 0. The summed E-state index contributed by atoms with van der Waals surface area (Å²) < 4.78 is 0. The molecule has 3 rings (SSSR count). The van der Waals surface area contributed by atoms with Gasteiger partial charge in [0.25, 0.3) is 0 Å². The summed E-state index contributed by atoms with van der Waals surface area (Å²) in [4.78, 5) is 2.11. The number of allylic oxidation sites excluding steroid dienone is 1. The van der Waals surface area contributed by atoms with Crippen molar-refractivity contribution in [2.24, 2.45) is 0 Å². The quantitative estimate of drug-likeness (QED) is 0.626. The Morgan fingerprint density at radius 1 is 1.07 bits per heavy atom. The fourth-order valence-corrected chi connectivity index (χ4v) is 1.72. The van der Waals surface area contributed by atoms with Crippen molar-refractivity contribution in [3.63, 3.8) is 0 Å². The molecule has 14 heavy (non-hydrogen) atoms. The molecule has 0 radical (unpaired) electrons. The van der Waals surface area contributed by atoms with Crippen molar-refractivity contribution >= 4 is 12.3 Å². The molecule has 0 atom stereocenters. The number of hydrogen-bond acceptors (Lipinski definition) is 2. The summed E-state index contributed by atoms with van der Waals surface area (Å²) in [5.74, 6) is 0. The van der Waals surface area contributed by atoms with Crippen LogP contribution < -0.4 is 15.8 Å². The Morgan fingerprint density at radius 3 is 2.86 bits per heavy atom. The van der Waals surface area contributed by atoms with E-state index in [-0.39, 0.29) is 0 Å². The third-order valence-electron chi connectivity index (χ3n) is 2.44. The average molecular weight is 182 g/mol. The van der Waals surface area contributed by atoms with Gasteiger partial charge < -0.3 is 10.2 Å². The minimum absolute atomic E-state index is 1.17. The largest absolute Gasteiger partial charge is 0.365 e. The van der Waals surface area contributed by atoms with Gasteiger partial charge in [-0.15, -0.1) is 0 Å². The van der Waals surface area contributed by atoms with Crippen LogP contribution in [0.1, 0.15) is 0 Å². The first-order valence-electron chi connectivity index (χ1n) is 4.63. The summed E-state index contributed by atoms with van der Waals surface area (Å²) in [5.41, 5.74) is 1.17. The maximum Gasteiger partial charge on any atom is 0.0616 e. The Morgan fingerprint density at radius 2 is 1.93 bits per heavy atom. The van der Waals surface area contributed by atoms with Crippen molar-refractivity contribution in [1.29, 1.82) is 0 Å². The van der Waals surface area contributed by atoms with Crippen molar-refractivity contribution in [2.75, 3.05) is 0 Å². The van der Waals surface area contributed by atoms with E-state index in [0.29, 0.717) is 0 Å². The minimum Gasteiger partial charge on any atom is -0.365 e. The zero-order valence-corrected chi connectivity index (χ0v) is 7.64. The number of benzene rings is 1. The van der Waals surface area contributed by atoms with Crippen molar-refractivity contribution in [2.45, 2.75) is 0 Å². The highest BCUT2D eigenvalue weighted by Crippen LogP contribution is 2.11. The molecule has 0 aromatic heterocycles. The summed E-state index contributed by atoms with van der Waals surface area (Å²) in [7, 11) is 0. The highest BCUT2D eigenvalue weighted by Gasteiger charge is 2.07. The molecule has 1 N–H and O–H groups in total. The molecule has 2 nitrogen and oxygen atoms in total. The van der Waals surface area contributed by atoms with E-state index in [1.54, 1.807) is 0 Å². The molecule has 0 unspecified atom stereocenters. The van der Waals surface area contributed by atoms with Crippen molar-refractivity contribution in [3.8, 4) is 0 Å². The Bertz CT molecular complexity index is 538. The van der Waals surface area contributed by atoms with Crippen LogP contribution in [0.25, 0.3) is 12.3 Å². The van der Waals surface area contributed by atoms with E-state index >= 15 is 0 Å². The van der Waals surface area contributed by atoms with Crippen molar-refractivity contribution in [3.05, 3.63) is 59.0 Å². The molecule has 2 aliphatic rings. The van der Waals surface area contributed by atoms with Gasteiger partial charge >= 0.3 is 0 Å². The van der Waals surface area contributed by atoms with Gasteiger partial charge in [0.15, 0.2) is 0 Å². The maximum atomic E-state index is 3.08.